The second-order valence-corrected chi connectivity index (χ2v) is 6.30. The van der Waals surface area contributed by atoms with E-state index >= 15 is 0 Å². The molecule has 2 N–H and O–H groups in total. The summed E-state index contributed by atoms with van der Waals surface area (Å²) in [7, 11) is 4.06. The molecule has 0 fully saturated rings. The lowest BCUT2D eigenvalue weighted by molar-refractivity contribution is 0.0948. The van der Waals surface area contributed by atoms with E-state index in [0.29, 0.717) is 12.2 Å². The highest BCUT2D eigenvalue weighted by molar-refractivity contribution is 5.94. The minimum Gasteiger partial charge on any atom is -0.378 e. The lowest BCUT2D eigenvalue weighted by Crippen LogP contribution is -2.27. The van der Waals surface area contributed by atoms with Crippen LogP contribution in [0, 0.1) is 0 Å². The van der Waals surface area contributed by atoms with Crippen LogP contribution < -0.4 is 10.2 Å². The van der Waals surface area contributed by atoms with Crippen molar-refractivity contribution in [3.8, 4) is 0 Å². The van der Waals surface area contributed by atoms with Crippen LogP contribution in [0.4, 0.5) is 5.69 Å². The number of nitrogens with zero attached hydrogens (tertiary/aromatic N) is 2. The third-order valence-electron chi connectivity index (χ3n) is 4.42. The second-order valence-electron chi connectivity index (χ2n) is 6.30. The van der Waals surface area contributed by atoms with E-state index in [2.05, 4.69) is 44.7 Å². The lowest BCUT2D eigenvalue weighted by atomic mass is 9.96. The number of H-pyrrole nitrogens is 1. The van der Waals surface area contributed by atoms with Gasteiger partial charge in [-0.3, -0.25) is 9.89 Å². The number of carbonyl (C=O) groups is 1. The third kappa shape index (κ3) is 3.55. The van der Waals surface area contributed by atoms with E-state index in [1.165, 1.54) is 17.7 Å². The van der Waals surface area contributed by atoms with Gasteiger partial charge in [0, 0.05) is 37.6 Å². The Balaban J connectivity index is 1.54. The molecule has 0 unspecified atom stereocenters. The Hall–Kier alpha value is -2.30. The normalized spacial score (nSPS) is 13.5. The van der Waals surface area contributed by atoms with E-state index in [0.717, 1.165) is 36.9 Å². The molecule has 5 nitrogen and oxygen atoms in total. The number of aromatic nitrogens is 2. The number of aryl methyl sites for hydroxylation is 1. The van der Waals surface area contributed by atoms with Gasteiger partial charge < -0.3 is 10.2 Å². The molecule has 0 aliphatic heterocycles. The molecule has 0 bridgehead atoms. The van der Waals surface area contributed by atoms with Crippen LogP contribution in [-0.2, 0) is 19.3 Å². The summed E-state index contributed by atoms with van der Waals surface area (Å²) in [5, 5.41) is 10.2. The second kappa shape index (κ2) is 6.86. The van der Waals surface area contributed by atoms with Crippen LogP contribution in [0.1, 0.15) is 40.2 Å². The molecule has 2 aromatic rings. The summed E-state index contributed by atoms with van der Waals surface area (Å²) < 4.78 is 0. The summed E-state index contributed by atoms with van der Waals surface area (Å²) in [5.74, 6) is -0.0608. The molecular weight excluding hydrogens is 288 g/mol. The Morgan fingerprint density at radius 2 is 1.96 bits per heavy atom. The van der Waals surface area contributed by atoms with Gasteiger partial charge in [-0.1, -0.05) is 12.1 Å². The molecule has 1 aliphatic rings. The monoisotopic (exact) mass is 312 g/mol. The van der Waals surface area contributed by atoms with Gasteiger partial charge in [-0.25, -0.2) is 0 Å². The van der Waals surface area contributed by atoms with Gasteiger partial charge in [-0.05, 0) is 49.8 Å². The lowest BCUT2D eigenvalue weighted by Gasteiger charge is -2.13. The first-order valence-electron chi connectivity index (χ1n) is 8.25. The molecule has 1 aromatic carbocycles. The average molecular weight is 312 g/mol. The van der Waals surface area contributed by atoms with Crippen molar-refractivity contribution in [3.63, 3.8) is 0 Å². The third-order valence-corrected chi connectivity index (χ3v) is 4.42. The Kier molecular flexibility index (Phi) is 4.65. The van der Waals surface area contributed by atoms with Crippen molar-refractivity contribution in [2.24, 2.45) is 0 Å². The highest BCUT2D eigenvalue weighted by Crippen LogP contribution is 2.22. The number of rotatable bonds is 5. The fourth-order valence-corrected chi connectivity index (χ4v) is 3.03. The predicted molar refractivity (Wildman–Crippen MR) is 92.0 cm³/mol. The highest BCUT2D eigenvalue weighted by atomic mass is 16.1. The van der Waals surface area contributed by atoms with Gasteiger partial charge in [0.1, 0.15) is 0 Å². The standard InChI is InChI=1S/C18H24N4O/c1-22(2)14-9-7-13(8-10-14)11-12-19-18(23)17-15-5-3-4-6-16(15)20-21-17/h7-10H,3-6,11-12H2,1-2H3,(H,19,23)(H,20,21). The van der Waals surface area contributed by atoms with Crippen LogP contribution in [0.2, 0.25) is 0 Å². The number of fused-ring (bicyclic) bond motifs is 1. The van der Waals surface area contributed by atoms with E-state index in [1.54, 1.807) is 0 Å². The molecule has 0 radical (unpaired) electrons. The van der Waals surface area contributed by atoms with Gasteiger partial charge in [0.25, 0.3) is 5.91 Å². The number of nitrogens with one attached hydrogen (secondary N) is 2. The molecule has 0 saturated heterocycles. The quantitative estimate of drug-likeness (QED) is 0.891. The smallest absolute Gasteiger partial charge is 0.272 e. The Bertz CT molecular complexity index is 673. The number of hydrogen-bond acceptors (Lipinski definition) is 3. The minimum atomic E-state index is -0.0608. The minimum absolute atomic E-state index is 0.0608. The Labute approximate surface area is 137 Å². The molecular formula is C18H24N4O. The van der Waals surface area contributed by atoms with Crippen LogP contribution in [0.25, 0.3) is 0 Å². The maximum absolute atomic E-state index is 12.3. The van der Waals surface area contributed by atoms with E-state index in [4.69, 9.17) is 0 Å². The molecule has 1 amide bonds. The predicted octanol–water partition coefficient (Wildman–Crippen LogP) is 2.33. The van der Waals surface area contributed by atoms with Crippen molar-refractivity contribution < 1.29 is 4.79 Å². The van der Waals surface area contributed by atoms with Gasteiger partial charge in [0.15, 0.2) is 5.69 Å². The highest BCUT2D eigenvalue weighted by Gasteiger charge is 2.21. The number of hydrogen-bond donors (Lipinski definition) is 2. The van der Waals surface area contributed by atoms with E-state index < -0.39 is 0 Å². The van der Waals surface area contributed by atoms with Gasteiger partial charge >= 0.3 is 0 Å². The zero-order valence-corrected chi connectivity index (χ0v) is 13.9. The summed E-state index contributed by atoms with van der Waals surface area (Å²) in [6, 6.07) is 8.41. The van der Waals surface area contributed by atoms with Gasteiger partial charge in [0.05, 0.1) is 0 Å². The molecule has 1 aliphatic carbocycles. The van der Waals surface area contributed by atoms with Crippen molar-refractivity contribution >= 4 is 11.6 Å². The zero-order valence-electron chi connectivity index (χ0n) is 13.9. The maximum Gasteiger partial charge on any atom is 0.272 e. The van der Waals surface area contributed by atoms with Gasteiger partial charge in [-0.15, -0.1) is 0 Å². The summed E-state index contributed by atoms with van der Waals surface area (Å²) in [6.07, 6.45) is 5.12. The fourth-order valence-electron chi connectivity index (χ4n) is 3.03. The number of benzene rings is 1. The van der Waals surface area contributed by atoms with Crippen molar-refractivity contribution in [3.05, 3.63) is 46.8 Å². The molecule has 1 heterocycles. The molecule has 0 saturated carbocycles. The van der Waals surface area contributed by atoms with Crippen molar-refractivity contribution in [2.75, 3.05) is 25.5 Å². The van der Waals surface area contributed by atoms with Crippen molar-refractivity contribution in [1.82, 2.24) is 15.5 Å². The molecule has 0 spiro atoms. The first kappa shape index (κ1) is 15.6. The van der Waals surface area contributed by atoms with E-state index in [-0.39, 0.29) is 5.91 Å². The Morgan fingerprint density at radius 1 is 1.22 bits per heavy atom. The fraction of sp³-hybridized carbons (Fsp3) is 0.444. The van der Waals surface area contributed by atoms with Crippen LogP contribution in [-0.4, -0.2) is 36.7 Å². The van der Waals surface area contributed by atoms with Crippen LogP contribution in [0.3, 0.4) is 0 Å². The molecule has 1 aromatic heterocycles. The van der Waals surface area contributed by atoms with Crippen LogP contribution in [0.5, 0.6) is 0 Å². The first-order chi connectivity index (χ1) is 11.1. The first-order valence-corrected chi connectivity index (χ1v) is 8.25. The van der Waals surface area contributed by atoms with Crippen molar-refractivity contribution in [2.45, 2.75) is 32.1 Å². The van der Waals surface area contributed by atoms with Crippen molar-refractivity contribution in [1.29, 1.82) is 0 Å². The summed E-state index contributed by atoms with van der Waals surface area (Å²) in [6.45, 7) is 0.627. The number of carbonyl (C=O) groups excluding carboxylic acids is 1. The zero-order chi connectivity index (χ0) is 16.2. The van der Waals surface area contributed by atoms with E-state index in [1.807, 2.05) is 14.1 Å². The topological polar surface area (TPSA) is 61.0 Å². The number of amides is 1. The summed E-state index contributed by atoms with van der Waals surface area (Å²) >= 11 is 0. The molecule has 0 atom stereocenters. The largest absolute Gasteiger partial charge is 0.378 e. The molecule has 5 heteroatoms. The maximum atomic E-state index is 12.3. The van der Waals surface area contributed by atoms with Gasteiger partial charge in [0.2, 0.25) is 0 Å². The Morgan fingerprint density at radius 3 is 2.70 bits per heavy atom. The summed E-state index contributed by atoms with van der Waals surface area (Å²) in [5.41, 5.74) is 5.24. The van der Waals surface area contributed by atoms with Crippen LogP contribution in [0.15, 0.2) is 24.3 Å². The van der Waals surface area contributed by atoms with Crippen LogP contribution >= 0.6 is 0 Å². The average Bonchev–Trinajstić information content (AvgIpc) is 2.99. The van der Waals surface area contributed by atoms with E-state index in [9.17, 15) is 4.79 Å². The molecule has 3 rings (SSSR count). The van der Waals surface area contributed by atoms with Gasteiger partial charge in [-0.2, -0.15) is 5.10 Å². The summed E-state index contributed by atoms with van der Waals surface area (Å²) in [4.78, 5) is 14.4. The SMILES string of the molecule is CN(C)c1ccc(CCNC(=O)c2n[nH]c3c2CCCC3)cc1. The molecule has 122 valence electrons. The number of anilines is 1. The number of aromatic amines is 1. The molecule has 23 heavy (non-hydrogen) atoms.